The van der Waals surface area contributed by atoms with Gasteiger partial charge in [0.15, 0.2) is 6.10 Å². The highest BCUT2D eigenvalue weighted by atomic mass is 16.5. The van der Waals surface area contributed by atoms with Crippen molar-refractivity contribution in [2.75, 3.05) is 4.90 Å². The van der Waals surface area contributed by atoms with Gasteiger partial charge in [0.05, 0.1) is 5.56 Å². The Morgan fingerprint density at radius 3 is 2.54 bits per heavy atom. The van der Waals surface area contributed by atoms with Crippen LogP contribution in [0, 0.1) is 0 Å². The van der Waals surface area contributed by atoms with Crippen molar-refractivity contribution in [3.63, 3.8) is 0 Å². The average Bonchev–Trinajstić information content (AvgIpc) is 2.90. The maximum atomic E-state index is 12.7. The Balaban J connectivity index is 1.73. The highest BCUT2D eigenvalue weighted by Gasteiger charge is 2.34. The second-order valence-corrected chi connectivity index (χ2v) is 5.98. The normalized spacial score (nSPS) is 17.2. The average molecular weight is 325 g/mol. The quantitative estimate of drug-likeness (QED) is 0.881. The van der Waals surface area contributed by atoms with E-state index in [1.807, 2.05) is 31.2 Å². The summed E-state index contributed by atoms with van der Waals surface area (Å²) in [5.41, 5.74) is 2.29. The SMILES string of the molecule is C[C@@H]1Cc2ccccc2N1C(=O)[C@@H](C)OC(=O)c1ccc(O)cc1. The number of aromatic hydroxyl groups is 1. The summed E-state index contributed by atoms with van der Waals surface area (Å²) in [6, 6.07) is 13.5. The molecule has 1 N–H and O–H groups in total. The predicted octanol–water partition coefficient (Wildman–Crippen LogP) is 2.92. The Hall–Kier alpha value is -2.82. The van der Waals surface area contributed by atoms with E-state index in [0.29, 0.717) is 5.56 Å². The monoisotopic (exact) mass is 325 g/mol. The second-order valence-electron chi connectivity index (χ2n) is 5.98. The maximum absolute atomic E-state index is 12.7. The number of esters is 1. The molecule has 124 valence electrons. The van der Waals surface area contributed by atoms with Crippen LogP contribution in [0.2, 0.25) is 0 Å². The minimum atomic E-state index is -0.889. The molecule has 0 radical (unpaired) electrons. The number of rotatable bonds is 3. The van der Waals surface area contributed by atoms with Crippen LogP contribution < -0.4 is 4.90 Å². The zero-order chi connectivity index (χ0) is 17.3. The van der Waals surface area contributed by atoms with Crippen LogP contribution >= 0.6 is 0 Å². The highest BCUT2D eigenvalue weighted by Crippen LogP contribution is 2.32. The zero-order valence-electron chi connectivity index (χ0n) is 13.6. The van der Waals surface area contributed by atoms with Crippen molar-refractivity contribution in [1.29, 1.82) is 0 Å². The van der Waals surface area contributed by atoms with E-state index >= 15 is 0 Å². The molecule has 24 heavy (non-hydrogen) atoms. The van der Waals surface area contributed by atoms with Gasteiger partial charge < -0.3 is 14.7 Å². The number of hydrogen-bond acceptors (Lipinski definition) is 4. The molecule has 1 heterocycles. The lowest BCUT2D eigenvalue weighted by Gasteiger charge is -2.25. The number of carbonyl (C=O) groups is 2. The lowest BCUT2D eigenvalue weighted by molar-refractivity contribution is -0.126. The summed E-state index contributed by atoms with van der Waals surface area (Å²) in [6.45, 7) is 3.56. The molecular weight excluding hydrogens is 306 g/mol. The molecule has 0 spiro atoms. The third kappa shape index (κ3) is 2.97. The first-order valence-corrected chi connectivity index (χ1v) is 7.88. The van der Waals surface area contributed by atoms with E-state index in [1.165, 1.54) is 24.3 Å². The summed E-state index contributed by atoms with van der Waals surface area (Å²) >= 11 is 0. The van der Waals surface area contributed by atoms with Gasteiger partial charge in [-0.2, -0.15) is 0 Å². The molecule has 3 rings (SSSR count). The predicted molar refractivity (Wildman–Crippen MR) is 90.1 cm³/mol. The largest absolute Gasteiger partial charge is 0.508 e. The molecule has 5 heteroatoms. The number of amides is 1. The summed E-state index contributed by atoms with van der Waals surface area (Å²) in [4.78, 5) is 26.6. The number of phenols is 1. The van der Waals surface area contributed by atoms with Gasteiger partial charge >= 0.3 is 5.97 Å². The molecule has 0 unspecified atom stereocenters. The molecule has 0 saturated carbocycles. The molecule has 1 amide bonds. The number of benzene rings is 2. The van der Waals surface area contributed by atoms with Crippen LogP contribution in [-0.2, 0) is 16.0 Å². The first-order valence-electron chi connectivity index (χ1n) is 7.88. The van der Waals surface area contributed by atoms with Gasteiger partial charge in [0, 0.05) is 11.7 Å². The number of nitrogens with zero attached hydrogens (tertiary/aromatic N) is 1. The van der Waals surface area contributed by atoms with Crippen molar-refractivity contribution in [2.24, 2.45) is 0 Å². The van der Waals surface area contributed by atoms with E-state index in [1.54, 1.807) is 11.8 Å². The molecule has 0 bridgehead atoms. The number of anilines is 1. The van der Waals surface area contributed by atoms with E-state index in [2.05, 4.69) is 0 Å². The zero-order valence-corrected chi connectivity index (χ0v) is 13.6. The maximum Gasteiger partial charge on any atom is 0.338 e. The number of fused-ring (bicyclic) bond motifs is 1. The van der Waals surface area contributed by atoms with Gasteiger partial charge in [-0.1, -0.05) is 18.2 Å². The lowest BCUT2D eigenvalue weighted by atomic mass is 10.1. The topological polar surface area (TPSA) is 66.8 Å². The summed E-state index contributed by atoms with van der Waals surface area (Å²) in [6.07, 6.45) is -0.0968. The van der Waals surface area contributed by atoms with E-state index in [0.717, 1.165) is 17.7 Å². The van der Waals surface area contributed by atoms with Gasteiger partial charge in [-0.25, -0.2) is 4.79 Å². The van der Waals surface area contributed by atoms with Gasteiger partial charge in [-0.05, 0) is 56.2 Å². The Bertz CT molecular complexity index is 769. The van der Waals surface area contributed by atoms with Crippen molar-refractivity contribution >= 4 is 17.6 Å². The van der Waals surface area contributed by atoms with Crippen molar-refractivity contribution < 1.29 is 19.4 Å². The van der Waals surface area contributed by atoms with Crippen molar-refractivity contribution in [3.8, 4) is 5.75 Å². The Morgan fingerprint density at radius 2 is 1.83 bits per heavy atom. The molecule has 1 aliphatic heterocycles. The van der Waals surface area contributed by atoms with Gasteiger partial charge in [-0.15, -0.1) is 0 Å². The second kappa shape index (κ2) is 6.35. The van der Waals surface area contributed by atoms with Crippen molar-refractivity contribution in [2.45, 2.75) is 32.4 Å². The highest BCUT2D eigenvalue weighted by molar-refractivity contribution is 6.00. The van der Waals surface area contributed by atoms with Crippen LogP contribution in [0.4, 0.5) is 5.69 Å². The van der Waals surface area contributed by atoms with E-state index in [-0.39, 0.29) is 17.7 Å². The Morgan fingerprint density at radius 1 is 1.17 bits per heavy atom. The van der Waals surface area contributed by atoms with Crippen LogP contribution in [0.15, 0.2) is 48.5 Å². The van der Waals surface area contributed by atoms with Gasteiger partial charge in [0.1, 0.15) is 5.75 Å². The number of carbonyl (C=O) groups excluding carboxylic acids is 2. The molecular formula is C19H19NO4. The van der Waals surface area contributed by atoms with E-state index < -0.39 is 12.1 Å². The summed E-state index contributed by atoms with van der Waals surface area (Å²) in [5.74, 6) is -0.756. The van der Waals surface area contributed by atoms with Crippen LogP contribution in [0.1, 0.15) is 29.8 Å². The molecule has 1 aliphatic rings. The van der Waals surface area contributed by atoms with Crippen LogP contribution in [-0.4, -0.2) is 29.1 Å². The minimum absolute atomic E-state index is 0.0322. The smallest absolute Gasteiger partial charge is 0.338 e. The molecule has 2 atom stereocenters. The van der Waals surface area contributed by atoms with Crippen LogP contribution in [0.25, 0.3) is 0 Å². The van der Waals surface area contributed by atoms with Crippen molar-refractivity contribution in [3.05, 3.63) is 59.7 Å². The summed E-state index contributed by atoms with van der Waals surface area (Å²) < 4.78 is 5.30. The third-order valence-corrected chi connectivity index (χ3v) is 4.18. The Labute approximate surface area is 140 Å². The van der Waals surface area contributed by atoms with Gasteiger partial charge in [-0.3, -0.25) is 4.79 Å². The number of para-hydroxylation sites is 1. The Kier molecular flexibility index (Phi) is 4.25. The molecule has 0 aromatic heterocycles. The standard InChI is InChI=1S/C19H19NO4/c1-12-11-15-5-3-4-6-17(15)20(12)18(22)13(2)24-19(23)14-7-9-16(21)10-8-14/h3-10,12-13,21H,11H2,1-2H3/t12-,13-/m1/s1. The molecule has 0 fully saturated rings. The van der Waals surface area contributed by atoms with Crippen LogP contribution in [0.3, 0.4) is 0 Å². The fraction of sp³-hybridized carbons (Fsp3) is 0.263. The lowest BCUT2D eigenvalue weighted by Crippen LogP contribution is -2.43. The summed E-state index contributed by atoms with van der Waals surface area (Å²) in [5, 5.41) is 9.26. The third-order valence-electron chi connectivity index (χ3n) is 4.18. The fourth-order valence-electron chi connectivity index (χ4n) is 2.97. The molecule has 0 aliphatic carbocycles. The first kappa shape index (κ1) is 16.1. The number of ether oxygens (including phenoxy) is 1. The van der Waals surface area contributed by atoms with E-state index in [9.17, 15) is 14.7 Å². The first-order chi connectivity index (χ1) is 11.5. The van der Waals surface area contributed by atoms with Crippen molar-refractivity contribution in [1.82, 2.24) is 0 Å². The number of hydrogen-bond donors (Lipinski definition) is 1. The fourth-order valence-corrected chi connectivity index (χ4v) is 2.97. The van der Waals surface area contributed by atoms with Crippen LogP contribution in [0.5, 0.6) is 5.75 Å². The molecule has 5 nitrogen and oxygen atoms in total. The minimum Gasteiger partial charge on any atom is -0.508 e. The molecule has 2 aromatic rings. The van der Waals surface area contributed by atoms with E-state index in [4.69, 9.17) is 4.74 Å². The summed E-state index contributed by atoms with van der Waals surface area (Å²) in [7, 11) is 0. The number of phenolic OH excluding ortho intramolecular Hbond substituents is 1. The molecule has 0 saturated heterocycles. The molecule has 2 aromatic carbocycles. The van der Waals surface area contributed by atoms with Gasteiger partial charge in [0.25, 0.3) is 5.91 Å². The van der Waals surface area contributed by atoms with Gasteiger partial charge in [0.2, 0.25) is 0 Å².